The summed E-state index contributed by atoms with van der Waals surface area (Å²) in [5.74, 6) is -0.773. The lowest BCUT2D eigenvalue weighted by Crippen LogP contribution is -2.13. The van der Waals surface area contributed by atoms with Gasteiger partial charge in [0, 0.05) is 32.7 Å². The van der Waals surface area contributed by atoms with E-state index >= 15 is 0 Å². The van der Waals surface area contributed by atoms with Crippen molar-refractivity contribution in [1.82, 2.24) is 4.98 Å². The molecular formula is C20H16BrNO3. The van der Waals surface area contributed by atoms with Gasteiger partial charge >= 0.3 is 5.97 Å². The molecule has 0 aliphatic heterocycles. The second-order valence-electron chi connectivity index (χ2n) is 5.59. The Bertz CT molecular complexity index is 972. The van der Waals surface area contributed by atoms with Crippen LogP contribution in [0.1, 0.15) is 21.6 Å². The van der Waals surface area contributed by atoms with Gasteiger partial charge in [0.25, 0.3) is 0 Å². The summed E-state index contributed by atoms with van der Waals surface area (Å²) in [7, 11) is 0. The number of hydrogen-bond acceptors (Lipinski definition) is 3. The number of H-pyrrole nitrogens is 1. The molecular weight excluding hydrogens is 382 g/mol. The zero-order chi connectivity index (χ0) is 17.8. The molecule has 1 N–H and O–H groups in total. The highest BCUT2D eigenvalue weighted by Crippen LogP contribution is 2.22. The number of carbonyl (C=O) groups excluding carboxylic acids is 2. The minimum absolute atomic E-state index is 0.223. The van der Waals surface area contributed by atoms with Gasteiger partial charge in [-0.25, -0.2) is 4.79 Å². The first-order valence-electron chi connectivity index (χ1n) is 7.75. The van der Waals surface area contributed by atoms with Crippen molar-refractivity contribution in [3.05, 3.63) is 75.9 Å². The molecule has 25 heavy (non-hydrogen) atoms. The lowest BCUT2D eigenvalue weighted by Gasteiger charge is -2.02. The number of aryl methyl sites for hydroxylation is 1. The van der Waals surface area contributed by atoms with Crippen LogP contribution in [0.5, 0.6) is 0 Å². The maximum Gasteiger partial charge on any atom is 0.331 e. The number of aromatic amines is 1. The van der Waals surface area contributed by atoms with Crippen molar-refractivity contribution >= 4 is 44.7 Å². The summed E-state index contributed by atoms with van der Waals surface area (Å²) < 4.78 is 6.01. The number of benzene rings is 2. The van der Waals surface area contributed by atoms with E-state index in [1.54, 1.807) is 6.08 Å². The van der Waals surface area contributed by atoms with Gasteiger partial charge in [0.05, 0.1) is 0 Å². The first kappa shape index (κ1) is 17.2. The molecule has 0 unspecified atom stereocenters. The van der Waals surface area contributed by atoms with Crippen LogP contribution in [0.15, 0.2) is 59.1 Å². The van der Waals surface area contributed by atoms with Crippen molar-refractivity contribution in [3.63, 3.8) is 0 Å². The SMILES string of the molecule is Cc1[nH]c2ccccc2c1C(=O)COC(=O)/C=C/c1cccc(Br)c1. The Balaban J connectivity index is 1.65. The van der Waals surface area contributed by atoms with Crippen LogP contribution in [0.2, 0.25) is 0 Å². The highest BCUT2D eigenvalue weighted by atomic mass is 79.9. The van der Waals surface area contributed by atoms with Crippen LogP contribution in [0.4, 0.5) is 0 Å². The van der Waals surface area contributed by atoms with Gasteiger partial charge in [-0.1, -0.05) is 46.3 Å². The molecule has 3 rings (SSSR count). The van der Waals surface area contributed by atoms with E-state index in [-0.39, 0.29) is 12.4 Å². The van der Waals surface area contributed by atoms with Gasteiger partial charge in [0.2, 0.25) is 5.78 Å². The second kappa shape index (κ2) is 7.49. The lowest BCUT2D eigenvalue weighted by atomic mass is 10.1. The summed E-state index contributed by atoms with van der Waals surface area (Å²) in [5, 5.41) is 0.839. The zero-order valence-electron chi connectivity index (χ0n) is 13.6. The number of ether oxygens (including phenoxy) is 1. The maximum atomic E-state index is 12.4. The average Bonchev–Trinajstić information content (AvgIpc) is 2.93. The fourth-order valence-electron chi connectivity index (χ4n) is 2.67. The van der Waals surface area contributed by atoms with Crippen LogP contribution in [0, 0.1) is 6.92 Å². The molecule has 3 aromatic rings. The molecule has 0 fully saturated rings. The number of Topliss-reactive ketones (excluding diaryl/α,β-unsaturated/α-hetero) is 1. The van der Waals surface area contributed by atoms with E-state index in [1.807, 2.05) is 55.5 Å². The van der Waals surface area contributed by atoms with Crippen molar-refractivity contribution in [1.29, 1.82) is 0 Å². The molecule has 0 aliphatic rings. The summed E-state index contributed by atoms with van der Waals surface area (Å²) in [6, 6.07) is 15.1. The number of hydrogen-bond donors (Lipinski definition) is 1. The molecule has 2 aromatic carbocycles. The fourth-order valence-corrected chi connectivity index (χ4v) is 3.08. The molecule has 0 radical (unpaired) electrons. The molecule has 1 heterocycles. The van der Waals surface area contributed by atoms with Crippen LogP contribution >= 0.6 is 15.9 Å². The van der Waals surface area contributed by atoms with Gasteiger partial charge in [0.15, 0.2) is 6.61 Å². The smallest absolute Gasteiger partial charge is 0.331 e. The monoisotopic (exact) mass is 397 g/mol. The summed E-state index contributed by atoms with van der Waals surface area (Å²) >= 11 is 3.37. The van der Waals surface area contributed by atoms with Crippen LogP contribution in [0.3, 0.4) is 0 Å². The van der Waals surface area contributed by atoms with Gasteiger partial charge in [-0.05, 0) is 36.8 Å². The molecule has 0 spiro atoms. The fraction of sp³-hybridized carbons (Fsp3) is 0.100. The quantitative estimate of drug-likeness (QED) is 0.386. The molecule has 5 heteroatoms. The first-order valence-corrected chi connectivity index (χ1v) is 8.55. The number of para-hydroxylation sites is 1. The number of carbonyl (C=O) groups is 2. The summed E-state index contributed by atoms with van der Waals surface area (Å²) in [6.07, 6.45) is 2.96. The van der Waals surface area contributed by atoms with Crippen molar-refractivity contribution in [2.75, 3.05) is 6.61 Å². The van der Waals surface area contributed by atoms with Crippen molar-refractivity contribution in [2.24, 2.45) is 0 Å². The summed E-state index contributed by atoms with van der Waals surface area (Å²) in [5.41, 5.74) is 3.10. The Morgan fingerprint density at radius 2 is 1.96 bits per heavy atom. The van der Waals surface area contributed by atoms with E-state index in [4.69, 9.17) is 4.74 Å². The van der Waals surface area contributed by atoms with E-state index in [0.717, 1.165) is 26.6 Å². The number of halogens is 1. The topological polar surface area (TPSA) is 59.2 Å². The molecule has 0 aliphatic carbocycles. The third-order valence-corrected chi connectivity index (χ3v) is 4.27. The van der Waals surface area contributed by atoms with Gasteiger partial charge in [-0.2, -0.15) is 0 Å². The molecule has 0 atom stereocenters. The highest BCUT2D eigenvalue weighted by Gasteiger charge is 2.16. The normalized spacial score (nSPS) is 11.1. The van der Waals surface area contributed by atoms with Crippen LogP contribution < -0.4 is 0 Å². The minimum Gasteiger partial charge on any atom is -0.454 e. The van der Waals surface area contributed by atoms with Crippen molar-refractivity contribution in [3.8, 4) is 0 Å². The number of aromatic nitrogens is 1. The molecule has 0 saturated carbocycles. The highest BCUT2D eigenvalue weighted by molar-refractivity contribution is 9.10. The largest absolute Gasteiger partial charge is 0.454 e. The maximum absolute atomic E-state index is 12.4. The Morgan fingerprint density at radius 3 is 2.76 bits per heavy atom. The Hall–Kier alpha value is -2.66. The van der Waals surface area contributed by atoms with E-state index in [0.29, 0.717) is 5.56 Å². The van der Waals surface area contributed by atoms with E-state index in [9.17, 15) is 9.59 Å². The predicted molar refractivity (Wildman–Crippen MR) is 102 cm³/mol. The Kier molecular flexibility index (Phi) is 5.14. The van der Waals surface area contributed by atoms with Gasteiger partial charge in [0.1, 0.15) is 0 Å². The number of rotatable bonds is 5. The molecule has 0 bridgehead atoms. The molecule has 0 amide bonds. The first-order chi connectivity index (χ1) is 12.0. The standard InChI is InChI=1S/C20H16BrNO3/c1-13-20(16-7-2-3-8-17(16)22-13)18(23)12-25-19(24)10-9-14-5-4-6-15(21)11-14/h2-11,22H,12H2,1H3/b10-9+. The van der Waals surface area contributed by atoms with E-state index in [1.165, 1.54) is 6.08 Å². The zero-order valence-corrected chi connectivity index (χ0v) is 15.2. The van der Waals surface area contributed by atoms with E-state index in [2.05, 4.69) is 20.9 Å². The number of esters is 1. The number of ketones is 1. The Labute approximate surface area is 153 Å². The summed E-state index contributed by atoms with van der Waals surface area (Å²) in [4.78, 5) is 27.4. The van der Waals surface area contributed by atoms with Crippen molar-refractivity contribution < 1.29 is 14.3 Å². The van der Waals surface area contributed by atoms with Crippen LogP contribution in [0.25, 0.3) is 17.0 Å². The minimum atomic E-state index is -0.550. The lowest BCUT2D eigenvalue weighted by molar-refractivity contribution is -0.136. The van der Waals surface area contributed by atoms with Crippen molar-refractivity contribution in [2.45, 2.75) is 6.92 Å². The average molecular weight is 398 g/mol. The van der Waals surface area contributed by atoms with Gasteiger partial charge in [-0.3, -0.25) is 4.79 Å². The predicted octanol–water partition coefficient (Wildman–Crippen LogP) is 4.68. The third-order valence-electron chi connectivity index (χ3n) is 3.78. The number of fused-ring (bicyclic) bond motifs is 1. The molecule has 0 saturated heterocycles. The Morgan fingerprint density at radius 1 is 1.16 bits per heavy atom. The van der Waals surface area contributed by atoms with Gasteiger partial charge < -0.3 is 9.72 Å². The van der Waals surface area contributed by atoms with Crippen LogP contribution in [-0.2, 0) is 9.53 Å². The van der Waals surface area contributed by atoms with Crippen LogP contribution in [-0.4, -0.2) is 23.3 Å². The number of nitrogens with one attached hydrogen (secondary N) is 1. The van der Waals surface area contributed by atoms with Gasteiger partial charge in [-0.15, -0.1) is 0 Å². The second-order valence-corrected chi connectivity index (χ2v) is 6.51. The summed E-state index contributed by atoms with van der Waals surface area (Å²) in [6.45, 7) is 1.55. The third kappa shape index (κ3) is 4.06. The van der Waals surface area contributed by atoms with E-state index < -0.39 is 5.97 Å². The molecule has 1 aromatic heterocycles. The molecule has 4 nitrogen and oxygen atoms in total. The molecule has 126 valence electrons.